The molecule has 0 radical (unpaired) electrons. The van der Waals surface area contributed by atoms with Crippen LogP contribution in [0.5, 0.6) is 0 Å². The minimum Gasteiger partial charge on any atom is -0.376 e. The predicted octanol–water partition coefficient (Wildman–Crippen LogP) is 3.50. The molecule has 0 aliphatic carbocycles. The summed E-state index contributed by atoms with van der Waals surface area (Å²) in [5.41, 5.74) is -0.852. The number of carbonyl (C=O) groups excluding carboxylic acids is 1. The zero-order valence-electron chi connectivity index (χ0n) is 10.6. The number of likely N-dealkylation sites (tertiary alicyclic amines) is 1. The Morgan fingerprint density at radius 3 is 2.55 bits per heavy atom. The van der Waals surface area contributed by atoms with Gasteiger partial charge in [0.15, 0.2) is 0 Å². The lowest BCUT2D eigenvalue weighted by Crippen LogP contribution is -2.33. The predicted molar refractivity (Wildman–Crippen MR) is 73.4 cm³/mol. The standard InChI is InChI=1S/C13H14BrF3N2O/c14-9-3-4-10(13(15,16)17)11(7-9)18-8-12(20)19-5-1-2-6-19/h3-4,7,18H,1-2,5-6,8H2. The topological polar surface area (TPSA) is 32.3 Å². The molecule has 1 amide bonds. The van der Waals surface area contributed by atoms with Gasteiger partial charge in [-0.1, -0.05) is 15.9 Å². The summed E-state index contributed by atoms with van der Waals surface area (Å²) in [5.74, 6) is -0.171. The molecule has 1 aliphatic rings. The third-order valence-corrected chi connectivity index (χ3v) is 3.67. The Kier molecular flexibility index (Phi) is 4.57. The van der Waals surface area contributed by atoms with Gasteiger partial charge in [-0.15, -0.1) is 0 Å². The lowest BCUT2D eigenvalue weighted by molar-refractivity contribution is -0.137. The molecular weight excluding hydrogens is 337 g/mol. The molecule has 0 bridgehead atoms. The minimum absolute atomic E-state index is 0.0839. The highest BCUT2D eigenvalue weighted by atomic mass is 79.9. The van der Waals surface area contributed by atoms with Crippen LogP contribution >= 0.6 is 15.9 Å². The van der Waals surface area contributed by atoms with Crippen LogP contribution < -0.4 is 5.32 Å². The van der Waals surface area contributed by atoms with E-state index >= 15 is 0 Å². The van der Waals surface area contributed by atoms with Crippen molar-refractivity contribution in [3.8, 4) is 0 Å². The first kappa shape index (κ1) is 15.2. The normalized spacial score (nSPS) is 15.5. The molecule has 0 aromatic heterocycles. The number of halogens is 4. The van der Waals surface area contributed by atoms with E-state index in [1.54, 1.807) is 4.90 Å². The van der Waals surface area contributed by atoms with Crippen molar-refractivity contribution in [1.29, 1.82) is 0 Å². The molecule has 2 rings (SSSR count). The first-order valence-electron chi connectivity index (χ1n) is 6.26. The second-order valence-corrected chi connectivity index (χ2v) is 5.54. The number of benzene rings is 1. The van der Waals surface area contributed by atoms with E-state index < -0.39 is 11.7 Å². The van der Waals surface area contributed by atoms with Gasteiger partial charge in [-0.25, -0.2) is 0 Å². The van der Waals surface area contributed by atoms with Crippen molar-refractivity contribution < 1.29 is 18.0 Å². The second-order valence-electron chi connectivity index (χ2n) is 4.63. The Bertz CT molecular complexity index is 499. The van der Waals surface area contributed by atoms with Crippen molar-refractivity contribution in [3.63, 3.8) is 0 Å². The number of hydrogen-bond donors (Lipinski definition) is 1. The summed E-state index contributed by atoms with van der Waals surface area (Å²) in [6, 6.07) is 3.66. The first-order valence-corrected chi connectivity index (χ1v) is 7.05. The number of anilines is 1. The van der Waals surface area contributed by atoms with E-state index in [1.165, 1.54) is 12.1 Å². The van der Waals surface area contributed by atoms with Gasteiger partial charge in [-0.3, -0.25) is 4.79 Å². The fraction of sp³-hybridized carbons (Fsp3) is 0.462. The largest absolute Gasteiger partial charge is 0.418 e. The molecule has 20 heavy (non-hydrogen) atoms. The summed E-state index contributed by atoms with van der Waals surface area (Å²) in [6.07, 6.45) is -2.54. The Morgan fingerprint density at radius 1 is 1.30 bits per heavy atom. The molecule has 110 valence electrons. The molecule has 0 saturated carbocycles. The maximum Gasteiger partial charge on any atom is 0.418 e. The van der Waals surface area contributed by atoms with Crippen molar-refractivity contribution in [1.82, 2.24) is 4.90 Å². The van der Waals surface area contributed by atoms with Crippen LogP contribution in [-0.4, -0.2) is 30.4 Å². The van der Waals surface area contributed by atoms with Gasteiger partial charge in [0, 0.05) is 23.2 Å². The van der Waals surface area contributed by atoms with Crippen LogP contribution in [0.3, 0.4) is 0 Å². The molecule has 1 aromatic carbocycles. The third-order valence-electron chi connectivity index (χ3n) is 3.18. The minimum atomic E-state index is -4.44. The van der Waals surface area contributed by atoms with E-state index in [0.29, 0.717) is 17.6 Å². The van der Waals surface area contributed by atoms with Crippen molar-refractivity contribution in [2.45, 2.75) is 19.0 Å². The van der Waals surface area contributed by atoms with E-state index in [9.17, 15) is 18.0 Å². The Balaban J connectivity index is 2.08. The van der Waals surface area contributed by atoms with E-state index in [0.717, 1.165) is 18.9 Å². The van der Waals surface area contributed by atoms with E-state index in [1.807, 2.05) is 0 Å². The fourth-order valence-electron chi connectivity index (χ4n) is 2.16. The van der Waals surface area contributed by atoms with E-state index in [4.69, 9.17) is 0 Å². The van der Waals surface area contributed by atoms with Crippen LogP contribution in [0.1, 0.15) is 18.4 Å². The highest BCUT2D eigenvalue weighted by Crippen LogP contribution is 2.36. The molecule has 7 heteroatoms. The van der Waals surface area contributed by atoms with Gasteiger partial charge < -0.3 is 10.2 Å². The van der Waals surface area contributed by atoms with Crippen LogP contribution in [0.2, 0.25) is 0 Å². The quantitative estimate of drug-likeness (QED) is 0.904. The number of alkyl halides is 3. The van der Waals surface area contributed by atoms with Crippen LogP contribution in [0, 0.1) is 0 Å². The fourth-order valence-corrected chi connectivity index (χ4v) is 2.52. The van der Waals surface area contributed by atoms with Crippen molar-refractivity contribution in [2.75, 3.05) is 25.0 Å². The summed E-state index contributed by atoms with van der Waals surface area (Å²) < 4.78 is 39.1. The molecule has 1 N–H and O–H groups in total. The smallest absolute Gasteiger partial charge is 0.376 e. The van der Waals surface area contributed by atoms with Gasteiger partial charge in [0.05, 0.1) is 12.1 Å². The van der Waals surface area contributed by atoms with Crippen molar-refractivity contribution in [2.24, 2.45) is 0 Å². The number of nitrogens with one attached hydrogen (secondary N) is 1. The summed E-state index contributed by atoms with van der Waals surface area (Å²) >= 11 is 3.13. The molecule has 1 fully saturated rings. The van der Waals surface area contributed by atoms with Crippen molar-refractivity contribution >= 4 is 27.5 Å². The van der Waals surface area contributed by atoms with Crippen molar-refractivity contribution in [3.05, 3.63) is 28.2 Å². The van der Waals surface area contributed by atoms with E-state index in [-0.39, 0.29) is 18.1 Å². The summed E-state index contributed by atoms with van der Waals surface area (Å²) in [7, 11) is 0. The molecule has 0 atom stereocenters. The zero-order valence-corrected chi connectivity index (χ0v) is 12.2. The molecule has 1 aliphatic heterocycles. The average Bonchev–Trinajstić information content (AvgIpc) is 2.88. The molecule has 1 aromatic rings. The second kappa shape index (κ2) is 6.03. The summed E-state index contributed by atoms with van der Waals surface area (Å²) in [5, 5.41) is 2.60. The number of amides is 1. The van der Waals surface area contributed by atoms with Crippen LogP contribution in [0.25, 0.3) is 0 Å². The maximum absolute atomic E-state index is 12.9. The molecule has 3 nitrogen and oxygen atoms in total. The van der Waals surface area contributed by atoms with Gasteiger partial charge in [0.2, 0.25) is 5.91 Å². The van der Waals surface area contributed by atoms with Gasteiger partial charge in [0.25, 0.3) is 0 Å². The van der Waals surface area contributed by atoms with Crippen LogP contribution in [0.4, 0.5) is 18.9 Å². The van der Waals surface area contributed by atoms with Gasteiger partial charge >= 0.3 is 6.18 Å². The Labute approximate surface area is 123 Å². The lowest BCUT2D eigenvalue weighted by atomic mass is 10.1. The molecule has 1 heterocycles. The summed E-state index contributed by atoms with van der Waals surface area (Å²) in [6.45, 7) is 1.25. The Hall–Kier alpha value is -1.24. The van der Waals surface area contributed by atoms with Gasteiger partial charge in [0.1, 0.15) is 0 Å². The average molecular weight is 351 g/mol. The SMILES string of the molecule is O=C(CNc1cc(Br)ccc1C(F)(F)F)N1CCCC1. The molecule has 0 spiro atoms. The summed E-state index contributed by atoms with van der Waals surface area (Å²) in [4.78, 5) is 13.5. The Morgan fingerprint density at radius 2 is 1.95 bits per heavy atom. The zero-order chi connectivity index (χ0) is 14.8. The number of carbonyl (C=O) groups is 1. The third kappa shape index (κ3) is 3.65. The highest BCUT2D eigenvalue weighted by molar-refractivity contribution is 9.10. The lowest BCUT2D eigenvalue weighted by Gasteiger charge is -2.18. The van der Waals surface area contributed by atoms with E-state index in [2.05, 4.69) is 21.2 Å². The first-order chi connectivity index (χ1) is 9.38. The highest BCUT2D eigenvalue weighted by Gasteiger charge is 2.33. The molecular formula is C13H14BrF3N2O. The monoisotopic (exact) mass is 350 g/mol. The maximum atomic E-state index is 12.9. The number of hydrogen-bond acceptors (Lipinski definition) is 2. The number of rotatable bonds is 3. The molecule has 1 saturated heterocycles. The van der Waals surface area contributed by atoms with Crippen LogP contribution in [-0.2, 0) is 11.0 Å². The van der Waals surface area contributed by atoms with Crippen LogP contribution in [0.15, 0.2) is 22.7 Å². The van der Waals surface area contributed by atoms with Gasteiger partial charge in [-0.2, -0.15) is 13.2 Å². The molecule has 0 unspecified atom stereocenters. The number of nitrogens with zero attached hydrogens (tertiary/aromatic N) is 1. The van der Waals surface area contributed by atoms with Gasteiger partial charge in [-0.05, 0) is 31.0 Å².